The number of aryl methyl sites for hydroxylation is 2. The standard InChI is InChI=1S/C19H21NO4/c1-12-10-17(13(2)23-12)19(22)24-14(3)18(21)20-9-8-15-6-4-5-7-16(15)11-20/h4-7,10,14H,8-9,11H2,1-3H3/t14-/m1/s1. The second kappa shape index (κ2) is 6.51. The Balaban J connectivity index is 1.65. The van der Waals surface area contributed by atoms with Crippen molar-refractivity contribution in [2.75, 3.05) is 6.54 Å². The first-order valence-electron chi connectivity index (χ1n) is 8.09. The molecule has 0 radical (unpaired) electrons. The maximum absolute atomic E-state index is 12.6. The molecule has 2 aromatic rings. The van der Waals surface area contributed by atoms with Gasteiger partial charge in [0.2, 0.25) is 0 Å². The zero-order valence-electron chi connectivity index (χ0n) is 14.2. The molecule has 1 aliphatic rings. The third-order valence-corrected chi connectivity index (χ3v) is 4.33. The molecular formula is C19H21NO4. The molecule has 1 amide bonds. The Hall–Kier alpha value is -2.56. The summed E-state index contributed by atoms with van der Waals surface area (Å²) in [5.74, 6) is 0.452. The molecule has 0 N–H and O–H groups in total. The van der Waals surface area contributed by atoms with Crippen LogP contribution in [0, 0.1) is 13.8 Å². The van der Waals surface area contributed by atoms with E-state index in [1.807, 2.05) is 18.2 Å². The van der Waals surface area contributed by atoms with Crippen molar-refractivity contribution >= 4 is 11.9 Å². The van der Waals surface area contributed by atoms with Gasteiger partial charge in [-0.2, -0.15) is 0 Å². The van der Waals surface area contributed by atoms with Crippen LogP contribution in [0.25, 0.3) is 0 Å². The highest BCUT2D eigenvalue weighted by Crippen LogP contribution is 2.20. The number of carbonyl (C=O) groups is 2. The maximum atomic E-state index is 12.6. The van der Waals surface area contributed by atoms with Crippen molar-refractivity contribution in [3.05, 3.63) is 58.5 Å². The number of hydrogen-bond acceptors (Lipinski definition) is 4. The Bertz CT molecular complexity index is 777. The molecule has 0 bridgehead atoms. The van der Waals surface area contributed by atoms with Gasteiger partial charge in [0.05, 0.1) is 0 Å². The molecule has 24 heavy (non-hydrogen) atoms. The molecule has 1 aromatic carbocycles. The van der Waals surface area contributed by atoms with Gasteiger partial charge in [-0.3, -0.25) is 4.79 Å². The van der Waals surface area contributed by atoms with Crippen molar-refractivity contribution in [1.29, 1.82) is 0 Å². The highest BCUT2D eigenvalue weighted by Gasteiger charge is 2.28. The van der Waals surface area contributed by atoms with Gasteiger partial charge in [-0.15, -0.1) is 0 Å². The number of carbonyl (C=O) groups excluding carboxylic acids is 2. The molecule has 0 saturated heterocycles. The van der Waals surface area contributed by atoms with E-state index in [1.54, 1.807) is 31.7 Å². The minimum Gasteiger partial charge on any atom is -0.466 e. The summed E-state index contributed by atoms with van der Waals surface area (Å²) in [4.78, 5) is 26.6. The summed E-state index contributed by atoms with van der Waals surface area (Å²) < 4.78 is 10.7. The number of amides is 1. The SMILES string of the molecule is Cc1cc(C(=O)O[C@H](C)C(=O)N2CCc3ccccc3C2)c(C)o1. The number of esters is 1. The molecule has 126 valence electrons. The topological polar surface area (TPSA) is 59.8 Å². The first-order chi connectivity index (χ1) is 11.5. The van der Waals surface area contributed by atoms with E-state index in [4.69, 9.17) is 9.15 Å². The van der Waals surface area contributed by atoms with Gasteiger partial charge in [0.1, 0.15) is 17.1 Å². The third-order valence-electron chi connectivity index (χ3n) is 4.33. The highest BCUT2D eigenvalue weighted by atomic mass is 16.5. The fraction of sp³-hybridized carbons (Fsp3) is 0.368. The molecule has 5 nitrogen and oxygen atoms in total. The molecular weight excluding hydrogens is 306 g/mol. The molecule has 0 aliphatic carbocycles. The van der Waals surface area contributed by atoms with E-state index in [-0.39, 0.29) is 5.91 Å². The Morgan fingerprint density at radius 2 is 1.92 bits per heavy atom. The van der Waals surface area contributed by atoms with Gasteiger partial charge in [0, 0.05) is 13.1 Å². The van der Waals surface area contributed by atoms with Crippen LogP contribution in [0.3, 0.4) is 0 Å². The lowest BCUT2D eigenvalue weighted by atomic mass is 9.99. The molecule has 3 rings (SSSR count). The van der Waals surface area contributed by atoms with E-state index in [0.717, 1.165) is 12.0 Å². The van der Waals surface area contributed by atoms with E-state index < -0.39 is 12.1 Å². The number of hydrogen-bond donors (Lipinski definition) is 0. The van der Waals surface area contributed by atoms with Crippen LogP contribution in [0.5, 0.6) is 0 Å². The predicted octanol–water partition coefficient (Wildman–Crippen LogP) is 3.03. The summed E-state index contributed by atoms with van der Waals surface area (Å²) >= 11 is 0. The first kappa shape index (κ1) is 16.3. The third kappa shape index (κ3) is 3.20. The van der Waals surface area contributed by atoms with Gasteiger partial charge in [-0.25, -0.2) is 4.79 Å². The highest BCUT2D eigenvalue weighted by molar-refractivity contribution is 5.93. The van der Waals surface area contributed by atoms with Gasteiger partial charge in [-0.1, -0.05) is 24.3 Å². The number of furan rings is 1. The van der Waals surface area contributed by atoms with Gasteiger partial charge >= 0.3 is 5.97 Å². The normalized spacial score (nSPS) is 14.9. The number of benzene rings is 1. The number of fused-ring (bicyclic) bond motifs is 1. The Morgan fingerprint density at radius 1 is 1.21 bits per heavy atom. The fourth-order valence-corrected chi connectivity index (χ4v) is 3.05. The summed E-state index contributed by atoms with van der Waals surface area (Å²) in [5.41, 5.74) is 2.80. The molecule has 5 heteroatoms. The number of ether oxygens (including phenoxy) is 1. The van der Waals surface area contributed by atoms with Crippen molar-refractivity contribution in [1.82, 2.24) is 4.90 Å². The van der Waals surface area contributed by atoms with Crippen LogP contribution in [0.15, 0.2) is 34.7 Å². The van der Waals surface area contributed by atoms with E-state index in [9.17, 15) is 9.59 Å². The Morgan fingerprint density at radius 3 is 2.58 bits per heavy atom. The van der Waals surface area contributed by atoms with E-state index in [0.29, 0.717) is 30.2 Å². The second-order valence-electron chi connectivity index (χ2n) is 6.15. The molecule has 0 fully saturated rings. The van der Waals surface area contributed by atoms with Crippen molar-refractivity contribution in [2.45, 2.75) is 39.8 Å². The average molecular weight is 327 g/mol. The van der Waals surface area contributed by atoms with E-state index in [1.165, 1.54) is 5.56 Å². The van der Waals surface area contributed by atoms with Gasteiger partial charge in [-0.05, 0) is 44.4 Å². The van der Waals surface area contributed by atoms with Crippen molar-refractivity contribution in [3.63, 3.8) is 0 Å². The number of nitrogens with zero attached hydrogens (tertiary/aromatic N) is 1. The number of rotatable bonds is 3. The van der Waals surface area contributed by atoms with Crippen LogP contribution in [-0.4, -0.2) is 29.4 Å². The van der Waals surface area contributed by atoms with Crippen molar-refractivity contribution < 1.29 is 18.7 Å². The van der Waals surface area contributed by atoms with E-state index in [2.05, 4.69) is 6.07 Å². The lowest BCUT2D eigenvalue weighted by Crippen LogP contribution is -2.42. The summed E-state index contributed by atoms with van der Waals surface area (Å²) in [6.07, 6.45) is 0.000156. The average Bonchev–Trinajstić information content (AvgIpc) is 2.92. The van der Waals surface area contributed by atoms with Crippen molar-refractivity contribution in [3.8, 4) is 0 Å². The predicted molar refractivity (Wildman–Crippen MR) is 88.6 cm³/mol. The van der Waals surface area contributed by atoms with E-state index >= 15 is 0 Å². The molecule has 1 aromatic heterocycles. The largest absolute Gasteiger partial charge is 0.466 e. The zero-order chi connectivity index (χ0) is 17.3. The van der Waals surface area contributed by atoms with Crippen LogP contribution >= 0.6 is 0 Å². The summed E-state index contributed by atoms with van der Waals surface area (Å²) in [6, 6.07) is 9.73. The van der Waals surface area contributed by atoms with Gasteiger partial charge < -0.3 is 14.1 Å². The van der Waals surface area contributed by atoms with Crippen molar-refractivity contribution in [2.24, 2.45) is 0 Å². The minimum absolute atomic E-state index is 0.171. The molecule has 0 saturated carbocycles. The molecule has 0 unspecified atom stereocenters. The van der Waals surface area contributed by atoms with Crippen LogP contribution in [0.2, 0.25) is 0 Å². The Kier molecular flexibility index (Phi) is 4.42. The first-order valence-corrected chi connectivity index (χ1v) is 8.09. The minimum atomic E-state index is -0.822. The fourth-order valence-electron chi connectivity index (χ4n) is 3.05. The van der Waals surface area contributed by atoms with Gasteiger partial charge in [0.25, 0.3) is 5.91 Å². The van der Waals surface area contributed by atoms with Crippen LogP contribution in [-0.2, 0) is 22.5 Å². The molecule has 0 spiro atoms. The zero-order valence-corrected chi connectivity index (χ0v) is 14.2. The van der Waals surface area contributed by atoms with Crippen LogP contribution in [0.4, 0.5) is 0 Å². The maximum Gasteiger partial charge on any atom is 0.342 e. The summed E-state index contributed by atoms with van der Waals surface area (Å²) in [5, 5.41) is 0. The smallest absolute Gasteiger partial charge is 0.342 e. The lowest BCUT2D eigenvalue weighted by molar-refractivity contribution is -0.140. The molecule has 1 aliphatic heterocycles. The van der Waals surface area contributed by atoms with Gasteiger partial charge in [0.15, 0.2) is 6.10 Å². The molecule has 2 heterocycles. The summed E-state index contributed by atoms with van der Waals surface area (Å²) in [6.45, 7) is 6.28. The molecule has 1 atom stereocenters. The second-order valence-corrected chi connectivity index (χ2v) is 6.15. The summed E-state index contributed by atoms with van der Waals surface area (Å²) in [7, 11) is 0. The lowest BCUT2D eigenvalue weighted by Gasteiger charge is -2.30. The van der Waals surface area contributed by atoms with Crippen LogP contribution in [0.1, 0.15) is 39.9 Å². The van der Waals surface area contributed by atoms with Crippen LogP contribution < -0.4 is 0 Å². The quantitative estimate of drug-likeness (QED) is 0.813. The monoisotopic (exact) mass is 327 g/mol. The Labute approximate surface area is 141 Å².